The molecule has 10 nitrogen and oxygen atoms in total. The van der Waals surface area contributed by atoms with Crippen molar-refractivity contribution in [1.29, 1.82) is 0 Å². The molecule has 2 aromatic rings. The van der Waals surface area contributed by atoms with E-state index in [-0.39, 0.29) is 18.2 Å². The van der Waals surface area contributed by atoms with Crippen molar-refractivity contribution in [3.63, 3.8) is 0 Å². The van der Waals surface area contributed by atoms with Crippen LogP contribution in [0.5, 0.6) is 0 Å². The number of nitrogens with zero attached hydrogens (tertiary/aromatic N) is 4. The van der Waals surface area contributed by atoms with E-state index in [1.165, 1.54) is 44.9 Å². The Balaban J connectivity index is 1.80. The number of aromatic nitrogens is 4. The van der Waals surface area contributed by atoms with E-state index in [1.807, 2.05) is 4.57 Å². The molecule has 2 aromatic heterocycles. The number of nitrogens with two attached hydrogens (primary N) is 1. The van der Waals surface area contributed by atoms with Crippen LogP contribution in [0.15, 0.2) is 12.5 Å². The molecule has 1 saturated heterocycles. The van der Waals surface area contributed by atoms with Crippen LogP contribution in [0.1, 0.15) is 137 Å². The number of fused-ring (bicyclic) bond motifs is 1. The van der Waals surface area contributed by atoms with E-state index in [4.69, 9.17) is 36.1 Å². The van der Waals surface area contributed by atoms with E-state index in [2.05, 4.69) is 42.6 Å². The van der Waals surface area contributed by atoms with Crippen LogP contribution in [0.3, 0.4) is 0 Å². The van der Waals surface area contributed by atoms with Gasteiger partial charge in [-0.1, -0.05) is 111 Å². The molecule has 3 heterocycles. The van der Waals surface area contributed by atoms with Crippen molar-refractivity contribution in [3.05, 3.63) is 12.5 Å². The topological polar surface area (TPSA) is 127 Å². The molecule has 252 valence electrons. The maximum absolute atomic E-state index is 11.5. The fourth-order valence-electron chi connectivity index (χ4n) is 6.17. The Morgan fingerprint density at radius 3 is 2.25 bits per heavy atom. The lowest BCUT2D eigenvalue weighted by Gasteiger charge is -2.30. The molecule has 1 aliphatic rings. The molecule has 0 radical (unpaired) electrons. The number of methoxy groups -OCH3 is 1. The van der Waals surface area contributed by atoms with Gasteiger partial charge in [-0.05, 0) is 37.0 Å². The summed E-state index contributed by atoms with van der Waals surface area (Å²) in [6.07, 6.45) is 18.5. The van der Waals surface area contributed by atoms with Gasteiger partial charge in [-0.3, -0.25) is 9.09 Å². The minimum Gasteiger partial charge on any atom is -0.374 e. The van der Waals surface area contributed by atoms with Crippen molar-refractivity contribution >= 4 is 35.6 Å². The number of ether oxygens (including phenoxy) is 2. The lowest BCUT2D eigenvalue weighted by Crippen LogP contribution is -2.36. The van der Waals surface area contributed by atoms with Gasteiger partial charge in [-0.25, -0.2) is 9.97 Å². The second-order valence-electron chi connectivity index (χ2n) is 12.5. The number of nitrogen functional groups attached to an aromatic ring is 1. The molecular weight excluding hydrogens is 597 g/mol. The average Bonchev–Trinajstić information content (AvgIpc) is 3.54. The first-order chi connectivity index (χ1) is 21.2. The maximum atomic E-state index is 11.5. The molecule has 0 bridgehead atoms. The Labute approximate surface area is 270 Å². The number of hydrogen-bond donors (Lipinski definition) is 2. The molecule has 3 N–H and O–H groups in total. The lowest BCUT2D eigenvalue weighted by atomic mass is 9.94. The molecule has 3 rings (SSSR count). The average molecular weight is 656 g/mol. The van der Waals surface area contributed by atoms with Crippen LogP contribution in [-0.4, -0.2) is 55.9 Å². The van der Waals surface area contributed by atoms with Crippen LogP contribution in [0.2, 0.25) is 0 Å². The highest BCUT2D eigenvalue weighted by Crippen LogP contribution is 2.52. The summed E-state index contributed by atoms with van der Waals surface area (Å²) in [4.78, 5) is 24.5. The number of unbranched alkanes of at least 4 members (excludes halogenated alkanes) is 9. The molecule has 44 heavy (non-hydrogen) atoms. The first-order valence-corrected chi connectivity index (χ1v) is 19.6. The van der Waals surface area contributed by atoms with Gasteiger partial charge in [0.25, 0.3) is 0 Å². The van der Waals surface area contributed by atoms with Gasteiger partial charge in [0.2, 0.25) is 5.95 Å². The van der Waals surface area contributed by atoms with Crippen molar-refractivity contribution in [2.24, 2.45) is 5.92 Å². The van der Waals surface area contributed by atoms with Crippen LogP contribution >= 0.6 is 6.72 Å². The van der Waals surface area contributed by atoms with Gasteiger partial charge < -0.3 is 24.6 Å². The number of hydrogen-bond acceptors (Lipinski definition) is 9. The normalized spacial score (nSPS) is 23.2. The van der Waals surface area contributed by atoms with E-state index in [0.29, 0.717) is 17.1 Å². The zero-order valence-electron chi connectivity index (χ0n) is 27.7. The molecule has 12 heteroatoms. The monoisotopic (exact) mass is 655 g/mol. The van der Waals surface area contributed by atoms with Crippen molar-refractivity contribution in [2.75, 3.05) is 12.8 Å². The third-order valence-electron chi connectivity index (χ3n) is 8.65. The largest absolute Gasteiger partial charge is 0.374 e. The zero-order valence-corrected chi connectivity index (χ0v) is 29.4. The minimum atomic E-state index is -3.63. The second-order valence-corrected chi connectivity index (χ2v) is 15.3. The summed E-state index contributed by atoms with van der Waals surface area (Å²) < 4.78 is 27.2. The number of imidazole rings is 1. The summed E-state index contributed by atoms with van der Waals surface area (Å²) in [5, 5.41) is 0. The fourth-order valence-corrected chi connectivity index (χ4v) is 8.04. The van der Waals surface area contributed by atoms with Crippen LogP contribution < -0.4 is 5.73 Å². The molecule has 0 aliphatic carbocycles. The van der Waals surface area contributed by atoms with E-state index in [9.17, 15) is 4.89 Å². The summed E-state index contributed by atoms with van der Waals surface area (Å²) in [6, 6.07) is 0. The summed E-state index contributed by atoms with van der Waals surface area (Å²) in [6.45, 7) is 5.26. The Morgan fingerprint density at radius 1 is 0.955 bits per heavy atom. The van der Waals surface area contributed by atoms with E-state index >= 15 is 0 Å². The van der Waals surface area contributed by atoms with Crippen LogP contribution in [0.25, 0.3) is 11.2 Å². The Kier molecular flexibility index (Phi) is 16.5. The van der Waals surface area contributed by atoms with Crippen molar-refractivity contribution < 1.29 is 23.4 Å². The molecule has 1 aliphatic heterocycles. The quantitative estimate of drug-likeness (QED) is 0.0892. The summed E-state index contributed by atoms with van der Waals surface area (Å²) in [7, 11) is 1.63. The molecule has 1 fully saturated rings. The number of rotatable bonds is 23. The van der Waals surface area contributed by atoms with Crippen LogP contribution in [0.4, 0.5) is 5.95 Å². The van der Waals surface area contributed by atoms with Crippen LogP contribution in [0, 0.1) is 5.92 Å². The van der Waals surface area contributed by atoms with Crippen LogP contribution in [-0.2, 0) is 30.3 Å². The third kappa shape index (κ3) is 11.6. The summed E-state index contributed by atoms with van der Waals surface area (Å²) in [5.74, 6) is 0.540. The molecular formula is C32H58N5O5PS. The second kappa shape index (κ2) is 19.5. The van der Waals surface area contributed by atoms with Gasteiger partial charge in [-0.2, -0.15) is 4.98 Å². The van der Waals surface area contributed by atoms with Crippen molar-refractivity contribution in [1.82, 2.24) is 19.5 Å². The molecule has 0 spiro atoms. The van der Waals surface area contributed by atoms with Gasteiger partial charge in [0.05, 0.1) is 24.7 Å². The highest BCUT2D eigenvalue weighted by atomic mass is 32.5. The molecule has 0 amide bonds. The van der Waals surface area contributed by atoms with Crippen molar-refractivity contribution in [2.45, 2.75) is 161 Å². The smallest absolute Gasteiger partial charge is 0.325 e. The first-order valence-electron chi connectivity index (χ1n) is 17.1. The Hall–Kier alpha value is -1.20. The summed E-state index contributed by atoms with van der Waals surface area (Å²) in [5.41, 5.74) is 7.07. The van der Waals surface area contributed by atoms with Gasteiger partial charge >= 0.3 is 6.72 Å². The fraction of sp³-hybridized carbons (Fsp3) is 0.844. The Morgan fingerprint density at radius 2 is 1.57 bits per heavy atom. The molecule has 7 atom stereocenters. The predicted molar refractivity (Wildman–Crippen MR) is 181 cm³/mol. The standard InChI is InChI=1S/C32H58N5O5PS/c1-6-9-12-14-17-20-25(19-15-11-8-3)41-43(38,44)42-28-27(21-24(4)18-16-13-10-7-2)40-31(29(28)39-5)37-23-35-26-22-34-32(33)36-30(26)37/h22-25,27-29,31H,6-21H2,1-5H3,(H,38,44)(H2,33,34,36). The zero-order chi connectivity index (χ0) is 32.0. The van der Waals surface area contributed by atoms with E-state index < -0.39 is 25.2 Å². The van der Waals surface area contributed by atoms with Crippen molar-refractivity contribution in [3.8, 4) is 0 Å². The minimum absolute atomic E-state index is 0.133. The predicted octanol–water partition coefficient (Wildman–Crippen LogP) is 8.25. The maximum Gasteiger partial charge on any atom is 0.325 e. The Bertz CT molecular complexity index is 1140. The SMILES string of the molecule is CCCCCCCC(CCCCC)OP(O)(=S)OC1C(CC(C)CCCCCC)OC(n2cnc3cnc(N)nc32)C1OC. The highest BCUT2D eigenvalue weighted by molar-refractivity contribution is 8.07. The van der Waals surface area contributed by atoms with Gasteiger partial charge in [-0.15, -0.1) is 0 Å². The molecule has 7 unspecified atom stereocenters. The van der Waals surface area contributed by atoms with Gasteiger partial charge in [0.15, 0.2) is 11.9 Å². The first kappa shape index (κ1) is 37.3. The number of anilines is 1. The van der Waals surface area contributed by atoms with Gasteiger partial charge in [0.1, 0.15) is 17.7 Å². The summed E-state index contributed by atoms with van der Waals surface area (Å²) >= 11 is 5.71. The molecule has 0 aromatic carbocycles. The lowest BCUT2D eigenvalue weighted by molar-refractivity contribution is -0.0523. The highest BCUT2D eigenvalue weighted by Gasteiger charge is 2.49. The molecule has 0 saturated carbocycles. The van der Waals surface area contributed by atoms with Gasteiger partial charge in [0, 0.05) is 7.11 Å². The van der Waals surface area contributed by atoms with E-state index in [1.54, 1.807) is 19.6 Å². The third-order valence-corrected chi connectivity index (χ3v) is 10.2. The van der Waals surface area contributed by atoms with E-state index in [0.717, 1.165) is 57.8 Å².